The molecule has 0 saturated heterocycles. The number of ether oxygens (including phenoxy) is 2. The van der Waals surface area contributed by atoms with Crippen LogP contribution in [-0.4, -0.2) is 36.3 Å². The predicted molar refractivity (Wildman–Crippen MR) is 88.0 cm³/mol. The number of hydrogen-bond donors (Lipinski definition) is 0. The van der Waals surface area contributed by atoms with Crippen molar-refractivity contribution in [2.24, 2.45) is 0 Å². The van der Waals surface area contributed by atoms with E-state index in [0.717, 1.165) is 56.3 Å². The Kier molecular flexibility index (Phi) is 12.6. The molecule has 0 spiro atoms. The molecule has 5 heteroatoms. The fourth-order valence-electron chi connectivity index (χ4n) is 2.01. The van der Waals surface area contributed by atoms with Crippen LogP contribution in [0, 0.1) is 0 Å². The number of hydrogen-bond acceptors (Lipinski definition) is 4. The molecule has 130 valence electrons. The summed E-state index contributed by atoms with van der Waals surface area (Å²) in [7, 11) is 0. The highest BCUT2D eigenvalue weighted by atomic mass is 16.6. The molecule has 0 radical (unpaired) electrons. The number of imide groups is 1. The highest BCUT2D eigenvalue weighted by Gasteiger charge is 2.27. The van der Waals surface area contributed by atoms with Crippen molar-refractivity contribution >= 4 is 12.2 Å². The summed E-state index contributed by atoms with van der Waals surface area (Å²) in [5.41, 5.74) is 0. The first-order valence-corrected chi connectivity index (χ1v) is 8.67. The monoisotopic (exact) mass is 315 g/mol. The van der Waals surface area contributed by atoms with Crippen molar-refractivity contribution in [1.82, 2.24) is 4.90 Å². The molecule has 0 aromatic heterocycles. The van der Waals surface area contributed by atoms with E-state index < -0.39 is 12.2 Å². The van der Waals surface area contributed by atoms with E-state index in [1.165, 1.54) is 0 Å². The van der Waals surface area contributed by atoms with Crippen molar-refractivity contribution in [3.8, 4) is 0 Å². The lowest BCUT2D eigenvalue weighted by atomic mass is 10.2. The SMILES string of the molecule is CCCCCCOC(=O)N(C(=O)OCCCCCC)C(C)C. The third-order valence-corrected chi connectivity index (χ3v) is 3.36. The quantitative estimate of drug-likeness (QED) is 0.496. The second kappa shape index (κ2) is 13.4. The molecule has 0 saturated carbocycles. The Bertz CT molecular complexity index is 279. The lowest BCUT2D eigenvalue weighted by Crippen LogP contribution is -2.42. The van der Waals surface area contributed by atoms with Crippen molar-refractivity contribution < 1.29 is 19.1 Å². The average molecular weight is 315 g/mol. The van der Waals surface area contributed by atoms with Gasteiger partial charge in [-0.3, -0.25) is 0 Å². The van der Waals surface area contributed by atoms with E-state index in [9.17, 15) is 9.59 Å². The average Bonchev–Trinajstić information content (AvgIpc) is 2.46. The molecule has 0 bridgehead atoms. The molecule has 0 aliphatic rings. The molecular weight excluding hydrogens is 282 g/mol. The number of carbonyl (C=O) groups is 2. The summed E-state index contributed by atoms with van der Waals surface area (Å²) in [4.78, 5) is 25.0. The molecule has 0 aliphatic heterocycles. The van der Waals surface area contributed by atoms with E-state index in [-0.39, 0.29) is 6.04 Å². The molecule has 0 N–H and O–H groups in total. The van der Waals surface area contributed by atoms with Crippen molar-refractivity contribution in [3.05, 3.63) is 0 Å². The van der Waals surface area contributed by atoms with Crippen LogP contribution in [0.15, 0.2) is 0 Å². The standard InChI is InChI=1S/C17H33NO4/c1-5-7-9-11-13-21-16(19)18(15(3)4)17(20)22-14-12-10-8-6-2/h15H,5-14H2,1-4H3. The van der Waals surface area contributed by atoms with E-state index in [4.69, 9.17) is 9.47 Å². The van der Waals surface area contributed by atoms with Gasteiger partial charge >= 0.3 is 12.2 Å². The summed E-state index contributed by atoms with van der Waals surface area (Å²) in [6.45, 7) is 8.51. The maximum atomic E-state index is 12.0. The number of nitrogens with zero attached hydrogens (tertiary/aromatic N) is 1. The summed E-state index contributed by atoms with van der Waals surface area (Å²) < 4.78 is 10.3. The molecular formula is C17H33NO4. The zero-order valence-corrected chi connectivity index (χ0v) is 14.7. The largest absolute Gasteiger partial charge is 0.449 e. The van der Waals surface area contributed by atoms with E-state index >= 15 is 0 Å². The first-order chi connectivity index (χ1) is 10.5. The van der Waals surface area contributed by atoms with Gasteiger partial charge in [-0.1, -0.05) is 52.4 Å². The smallest absolute Gasteiger partial charge is 0.419 e. The van der Waals surface area contributed by atoms with Crippen molar-refractivity contribution in [1.29, 1.82) is 0 Å². The predicted octanol–water partition coefficient (Wildman–Crippen LogP) is 5.13. The first-order valence-electron chi connectivity index (χ1n) is 8.67. The Hall–Kier alpha value is -1.26. The molecule has 0 unspecified atom stereocenters. The molecule has 2 amide bonds. The Morgan fingerprint density at radius 3 is 1.50 bits per heavy atom. The van der Waals surface area contributed by atoms with E-state index in [2.05, 4.69) is 13.8 Å². The van der Waals surface area contributed by atoms with Crippen LogP contribution in [0.5, 0.6) is 0 Å². The number of carbonyl (C=O) groups excluding carboxylic acids is 2. The molecule has 0 aromatic rings. The Labute approximate surface area is 135 Å². The van der Waals surface area contributed by atoms with Gasteiger partial charge < -0.3 is 9.47 Å². The van der Waals surface area contributed by atoms with Crippen molar-refractivity contribution in [2.75, 3.05) is 13.2 Å². The highest BCUT2D eigenvalue weighted by molar-refractivity contribution is 5.88. The minimum Gasteiger partial charge on any atom is -0.449 e. The maximum Gasteiger partial charge on any atom is 0.419 e. The van der Waals surface area contributed by atoms with Gasteiger partial charge in [0.15, 0.2) is 0 Å². The van der Waals surface area contributed by atoms with Crippen LogP contribution in [0.2, 0.25) is 0 Å². The number of unbranched alkanes of at least 4 members (excludes halogenated alkanes) is 6. The Morgan fingerprint density at radius 1 is 0.773 bits per heavy atom. The van der Waals surface area contributed by atoms with Crippen LogP contribution >= 0.6 is 0 Å². The van der Waals surface area contributed by atoms with Crippen molar-refractivity contribution in [2.45, 2.75) is 85.1 Å². The normalized spacial score (nSPS) is 10.6. The van der Waals surface area contributed by atoms with Crippen LogP contribution in [0.4, 0.5) is 9.59 Å². The van der Waals surface area contributed by atoms with E-state index in [1.807, 2.05) is 0 Å². The zero-order chi connectivity index (χ0) is 16.8. The zero-order valence-electron chi connectivity index (χ0n) is 14.7. The summed E-state index contributed by atoms with van der Waals surface area (Å²) in [5, 5.41) is 0. The topological polar surface area (TPSA) is 55.8 Å². The minimum absolute atomic E-state index is 0.272. The third-order valence-electron chi connectivity index (χ3n) is 3.36. The lowest BCUT2D eigenvalue weighted by Gasteiger charge is -2.23. The van der Waals surface area contributed by atoms with Gasteiger partial charge in [-0.25, -0.2) is 14.5 Å². The Morgan fingerprint density at radius 2 is 1.18 bits per heavy atom. The van der Waals surface area contributed by atoms with Crippen LogP contribution in [-0.2, 0) is 9.47 Å². The van der Waals surface area contributed by atoms with Crippen LogP contribution < -0.4 is 0 Å². The summed E-state index contributed by atoms with van der Waals surface area (Å²) in [5.74, 6) is 0. The molecule has 0 heterocycles. The highest BCUT2D eigenvalue weighted by Crippen LogP contribution is 2.08. The summed E-state index contributed by atoms with van der Waals surface area (Å²) in [6, 6.07) is -0.272. The van der Waals surface area contributed by atoms with Crippen LogP contribution in [0.25, 0.3) is 0 Å². The van der Waals surface area contributed by atoms with Crippen molar-refractivity contribution in [3.63, 3.8) is 0 Å². The molecule has 0 atom stereocenters. The molecule has 0 aromatic carbocycles. The number of amides is 2. The molecule has 5 nitrogen and oxygen atoms in total. The Balaban J connectivity index is 4.10. The van der Waals surface area contributed by atoms with Crippen LogP contribution in [0.3, 0.4) is 0 Å². The van der Waals surface area contributed by atoms with Gasteiger partial charge in [0.25, 0.3) is 0 Å². The second-order valence-electron chi connectivity index (χ2n) is 5.81. The molecule has 0 aliphatic carbocycles. The fourth-order valence-corrected chi connectivity index (χ4v) is 2.01. The molecule has 0 rings (SSSR count). The lowest BCUT2D eigenvalue weighted by molar-refractivity contribution is 0.0659. The molecule has 22 heavy (non-hydrogen) atoms. The van der Waals surface area contributed by atoms with E-state index in [1.54, 1.807) is 13.8 Å². The van der Waals surface area contributed by atoms with Gasteiger partial charge in [-0.15, -0.1) is 0 Å². The first kappa shape index (κ1) is 20.7. The fraction of sp³-hybridized carbons (Fsp3) is 0.882. The second-order valence-corrected chi connectivity index (χ2v) is 5.81. The van der Waals surface area contributed by atoms with Gasteiger partial charge in [0, 0.05) is 6.04 Å². The minimum atomic E-state index is -0.606. The maximum absolute atomic E-state index is 12.0. The van der Waals surface area contributed by atoms with Gasteiger partial charge in [-0.2, -0.15) is 0 Å². The third kappa shape index (κ3) is 9.64. The van der Waals surface area contributed by atoms with Gasteiger partial charge in [0.2, 0.25) is 0 Å². The summed E-state index contributed by atoms with van der Waals surface area (Å²) >= 11 is 0. The van der Waals surface area contributed by atoms with Crippen LogP contribution in [0.1, 0.15) is 79.1 Å². The van der Waals surface area contributed by atoms with Gasteiger partial charge in [0.05, 0.1) is 13.2 Å². The van der Waals surface area contributed by atoms with Gasteiger partial charge in [0.1, 0.15) is 0 Å². The van der Waals surface area contributed by atoms with E-state index in [0.29, 0.717) is 13.2 Å². The number of rotatable bonds is 11. The molecule has 0 fully saturated rings. The summed E-state index contributed by atoms with van der Waals surface area (Å²) in [6.07, 6.45) is 7.05. The van der Waals surface area contributed by atoms with Gasteiger partial charge in [-0.05, 0) is 26.7 Å².